The Labute approximate surface area is 61.9 Å². The zero-order valence-corrected chi connectivity index (χ0v) is 6.55. The Morgan fingerprint density at radius 2 is 1.60 bits per heavy atom. The van der Waals surface area contributed by atoms with Gasteiger partial charge in [-0.1, -0.05) is 23.4 Å². The van der Waals surface area contributed by atoms with Gasteiger partial charge in [-0.15, -0.1) is 0 Å². The van der Waals surface area contributed by atoms with Crippen molar-refractivity contribution in [1.82, 2.24) is 0 Å². The minimum absolute atomic E-state index is 0.442. The number of rotatable bonds is 0. The summed E-state index contributed by atoms with van der Waals surface area (Å²) >= 11 is -0.442. The van der Waals surface area contributed by atoms with Crippen molar-refractivity contribution < 1.29 is 0 Å². The van der Waals surface area contributed by atoms with Gasteiger partial charge in [0.05, 0.1) is 10.7 Å². The molecule has 1 heterocycles. The first kappa shape index (κ1) is 5.92. The molecule has 0 N–H and O–H groups in total. The maximum absolute atomic E-state index is 4.35. The molecule has 0 saturated carbocycles. The van der Waals surface area contributed by atoms with Crippen molar-refractivity contribution in [1.29, 1.82) is 0 Å². The van der Waals surface area contributed by atoms with Crippen LogP contribution < -0.4 is 10.7 Å². The quantitative estimate of drug-likeness (QED) is 0.521. The molecule has 0 aliphatic carbocycles. The Hall–Kier alpha value is -0.830. The van der Waals surface area contributed by atoms with Crippen LogP contribution in [0.15, 0.2) is 33.1 Å². The van der Waals surface area contributed by atoms with E-state index in [9.17, 15) is 0 Å². The zero-order chi connectivity index (χ0) is 6.97. The summed E-state index contributed by atoms with van der Waals surface area (Å²) in [6.07, 6.45) is 2.05. The summed E-state index contributed by atoms with van der Waals surface area (Å²) in [7, 11) is 0. The van der Waals surface area contributed by atoms with E-state index < -0.39 is 11.3 Å². The van der Waals surface area contributed by atoms with Crippen LogP contribution in [0.5, 0.6) is 0 Å². The second kappa shape index (κ2) is 2.09. The standard InChI is InChI=1S/C7H8N2S/c1-10-8-6-4-2-3-5-7(6)9-10/h2-5,10H,1H3. The summed E-state index contributed by atoms with van der Waals surface area (Å²) in [6, 6.07) is 7.99. The normalized spacial score (nSPS) is 17.5. The third-order valence-electron chi connectivity index (χ3n) is 1.39. The van der Waals surface area contributed by atoms with Crippen molar-refractivity contribution >= 4 is 11.3 Å². The van der Waals surface area contributed by atoms with E-state index in [2.05, 4.69) is 15.1 Å². The van der Waals surface area contributed by atoms with Gasteiger partial charge in [0.15, 0.2) is 0 Å². The highest BCUT2D eigenvalue weighted by Crippen LogP contribution is 2.21. The molecular weight excluding hydrogens is 144 g/mol. The van der Waals surface area contributed by atoms with E-state index in [1.807, 2.05) is 24.3 Å². The van der Waals surface area contributed by atoms with Crippen LogP contribution in [0.4, 0.5) is 0 Å². The van der Waals surface area contributed by atoms with Crippen LogP contribution in [-0.2, 0) is 0 Å². The van der Waals surface area contributed by atoms with E-state index in [0.29, 0.717) is 0 Å². The predicted octanol–water partition coefficient (Wildman–Crippen LogP) is 0.400. The molecule has 1 aliphatic heterocycles. The van der Waals surface area contributed by atoms with Crippen LogP contribution in [0.3, 0.4) is 0 Å². The van der Waals surface area contributed by atoms with E-state index in [4.69, 9.17) is 0 Å². The van der Waals surface area contributed by atoms with E-state index in [1.54, 1.807) is 0 Å². The first-order valence-electron chi connectivity index (χ1n) is 3.12. The summed E-state index contributed by atoms with van der Waals surface area (Å²) in [5, 5.41) is 2.10. The molecule has 1 aromatic rings. The molecule has 0 amide bonds. The first-order chi connectivity index (χ1) is 4.86. The Kier molecular flexibility index (Phi) is 1.24. The van der Waals surface area contributed by atoms with Gasteiger partial charge in [0, 0.05) is 6.26 Å². The molecule has 2 rings (SSSR count). The van der Waals surface area contributed by atoms with Crippen LogP contribution in [0, 0.1) is 0 Å². The van der Waals surface area contributed by atoms with E-state index in [1.165, 1.54) is 0 Å². The fourth-order valence-electron chi connectivity index (χ4n) is 0.967. The molecule has 0 spiro atoms. The molecule has 0 fully saturated rings. The minimum atomic E-state index is -0.442. The van der Waals surface area contributed by atoms with E-state index >= 15 is 0 Å². The molecule has 0 atom stereocenters. The largest absolute Gasteiger partial charge is 0.218 e. The lowest BCUT2D eigenvalue weighted by Gasteiger charge is -1.92. The van der Waals surface area contributed by atoms with E-state index in [0.717, 1.165) is 10.7 Å². The summed E-state index contributed by atoms with van der Waals surface area (Å²) < 4.78 is 8.70. The van der Waals surface area contributed by atoms with Crippen LogP contribution in [0.2, 0.25) is 0 Å². The fourth-order valence-corrected chi connectivity index (χ4v) is 1.97. The van der Waals surface area contributed by atoms with E-state index in [-0.39, 0.29) is 0 Å². The number of hydrogen-bond acceptors (Lipinski definition) is 2. The van der Waals surface area contributed by atoms with Crippen LogP contribution in [0.25, 0.3) is 0 Å². The van der Waals surface area contributed by atoms with Crippen LogP contribution >= 0.6 is 11.3 Å². The summed E-state index contributed by atoms with van der Waals surface area (Å²) in [4.78, 5) is 0. The minimum Gasteiger partial charge on any atom is -0.218 e. The molecule has 0 bridgehead atoms. The van der Waals surface area contributed by atoms with Gasteiger partial charge in [-0.25, -0.2) is 8.80 Å². The molecule has 2 nitrogen and oxygen atoms in total. The number of nitrogens with zero attached hydrogens (tertiary/aromatic N) is 2. The molecule has 0 aromatic heterocycles. The Morgan fingerprint density at radius 3 is 2.10 bits per heavy atom. The third-order valence-corrected chi connectivity index (χ3v) is 2.40. The lowest BCUT2D eigenvalue weighted by molar-refractivity contribution is 1.37. The molecule has 0 unspecified atom stereocenters. The SMILES string of the molecule is C[SH]1N=c2ccccc2=N1. The molecule has 1 aliphatic rings. The highest BCUT2D eigenvalue weighted by molar-refractivity contribution is 8.14. The first-order valence-corrected chi connectivity index (χ1v) is 4.82. The summed E-state index contributed by atoms with van der Waals surface area (Å²) in [5.74, 6) is 0. The van der Waals surface area contributed by atoms with Gasteiger partial charge in [-0.2, -0.15) is 0 Å². The van der Waals surface area contributed by atoms with Crippen molar-refractivity contribution in [2.75, 3.05) is 6.26 Å². The Bertz CT molecular complexity index is 323. The van der Waals surface area contributed by atoms with Gasteiger partial charge in [-0.3, -0.25) is 0 Å². The van der Waals surface area contributed by atoms with Crippen molar-refractivity contribution in [3.63, 3.8) is 0 Å². The van der Waals surface area contributed by atoms with Crippen molar-refractivity contribution in [2.45, 2.75) is 0 Å². The van der Waals surface area contributed by atoms with Gasteiger partial charge in [0.1, 0.15) is 0 Å². The predicted molar refractivity (Wildman–Crippen MR) is 43.7 cm³/mol. The highest BCUT2D eigenvalue weighted by Gasteiger charge is 1.97. The Morgan fingerprint density at radius 1 is 1.10 bits per heavy atom. The fraction of sp³-hybridized carbons (Fsp3) is 0.143. The van der Waals surface area contributed by atoms with Crippen molar-refractivity contribution in [2.24, 2.45) is 8.80 Å². The number of para-hydroxylation sites is 2. The van der Waals surface area contributed by atoms with Crippen molar-refractivity contribution in [3.05, 3.63) is 35.0 Å². The average molecular weight is 152 g/mol. The molecule has 3 heteroatoms. The third kappa shape index (κ3) is 0.827. The van der Waals surface area contributed by atoms with Gasteiger partial charge < -0.3 is 0 Å². The molecule has 10 heavy (non-hydrogen) atoms. The van der Waals surface area contributed by atoms with Gasteiger partial charge in [-0.05, 0) is 12.1 Å². The maximum atomic E-state index is 4.35. The number of fused-ring (bicyclic) bond motifs is 1. The average Bonchev–Trinajstić information content (AvgIpc) is 2.27. The van der Waals surface area contributed by atoms with Gasteiger partial charge in [0.2, 0.25) is 0 Å². The van der Waals surface area contributed by atoms with Gasteiger partial charge in [0.25, 0.3) is 0 Å². The Balaban J connectivity index is 2.83. The van der Waals surface area contributed by atoms with Crippen LogP contribution in [0.1, 0.15) is 0 Å². The smallest absolute Gasteiger partial charge is 0.0973 e. The monoisotopic (exact) mass is 152 g/mol. The number of hydrogen-bond donors (Lipinski definition) is 1. The molecule has 0 saturated heterocycles. The molecule has 52 valence electrons. The lowest BCUT2D eigenvalue weighted by Crippen LogP contribution is -2.19. The number of thiol groups is 1. The van der Waals surface area contributed by atoms with Crippen LogP contribution in [-0.4, -0.2) is 6.26 Å². The maximum Gasteiger partial charge on any atom is 0.0973 e. The molecular formula is C7H8N2S. The lowest BCUT2D eigenvalue weighted by atomic mass is 10.3. The second-order valence-corrected chi connectivity index (χ2v) is 3.56. The number of benzene rings is 1. The molecule has 0 radical (unpaired) electrons. The summed E-state index contributed by atoms with van der Waals surface area (Å²) in [5.41, 5.74) is 0. The highest BCUT2D eigenvalue weighted by atomic mass is 32.2. The van der Waals surface area contributed by atoms with Crippen molar-refractivity contribution in [3.8, 4) is 0 Å². The topological polar surface area (TPSA) is 24.7 Å². The molecule has 1 aromatic carbocycles. The zero-order valence-electron chi connectivity index (χ0n) is 5.65. The second-order valence-electron chi connectivity index (χ2n) is 2.18. The summed E-state index contributed by atoms with van der Waals surface area (Å²) in [6.45, 7) is 0. The van der Waals surface area contributed by atoms with Gasteiger partial charge >= 0.3 is 0 Å².